The molecule has 8 heteroatoms. The second-order valence-corrected chi connectivity index (χ2v) is 11.3. The van der Waals surface area contributed by atoms with Gasteiger partial charge in [-0.2, -0.15) is 0 Å². The molecule has 1 saturated carbocycles. The highest BCUT2D eigenvalue weighted by molar-refractivity contribution is 8.02. The van der Waals surface area contributed by atoms with Crippen LogP contribution in [-0.4, -0.2) is 65.1 Å². The summed E-state index contributed by atoms with van der Waals surface area (Å²) in [6.45, 7) is 7.48. The molecule has 1 aromatic carbocycles. The average Bonchev–Trinajstić information content (AvgIpc) is 3.65. The van der Waals surface area contributed by atoms with E-state index in [1.54, 1.807) is 6.92 Å². The smallest absolute Gasteiger partial charge is 0.255 e. The van der Waals surface area contributed by atoms with Crippen molar-refractivity contribution >= 4 is 40.2 Å². The number of para-hydroxylation sites is 1. The van der Waals surface area contributed by atoms with Crippen molar-refractivity contribution in [2.45, 2.75) is 58.3 Å². The van der Waals surface area contributed by atoms with E-state index in [-0.39, 0.29) is 30.3 Å². The zero-order chi connectivity index (χ0) is 25.6. The maximum atomic E-state index is 15.4. The number of alkyl halides is 1. The lowest BCUT2D eigenvalue weighted by molar-refractivity contribution is -0.120. The Labute approximate surface area is 216 Å². The van der Waals surface area contributed by atoms with E-state index < -0.39 is 12.1 Å². The van der Waals surface area contributed by atoms with E-state index in [4.69, 9.17) is 0 Å². The summed E-state index contributed by atoms with van der Waals surface area (Å²) in [7, 11) is 0. The topological polar surface area (TPSA) is 66.7 Å². The van der Waals surface area contributed by atoms with Gasteiger partial charge in [-0.3, -0.25) is 14.5 Å². The van der Waals surface area contributed by atoms with Gasteiger partial charge in [0.15, 0.2) is 0 Å². The largest absolute Gasteiger partial charge is 0.351 e. The fourth-order valence-electron chi connectivity index (χ4n) is 6.04. The summed E-state index contributed by atoms with van der Waals surface area (Å²) in [5.41, 5.74) is 3.07. The number of piperidine rings is 1. The summed E-state index contributed by atoms with van der Waals surface area (Å²) >= 11 is 1.51. The standard InChI is InChI=1S/C28H35FN4O2S/c1-16-13-25(36-4)22(27(34)31-16)14-30-28(35)26-18(3)33(24-8-6-5-7-21(24)26)17(2)20-11-12-32(15-23(20)29)19-9-10-19/h5-8,13,17,19-20,22-23H,9-12,14-15H2,1-4H3,(H,30,35)/t17-,20-,22?,23-/m1/s1. The Morgan fingerprint density at radius 2 is 2.00 bits per heavy atom. The number of hydrogen-bond donors (Lipinski definition) is 1. The van der Waals surface area contributed by atoms with Gasteiger partial charge in [-0.25, -0.2) is 9.38 Å². The number of nitrogens with one attached hydrogen (secondary N) is 1. The third-order valence-corrected chi connectivity index (χ3v) is 8.95. The summed E-state index contributed by atoms with van der Waals surface area (Å²) in [4.78, 5) is 33.3. The second-order valence-electron chi connectivity index (χ2n) is 10.4. The number of dihydropyridines is 1. The second kappa shape index (κ2) is 10.1. The van der Waals surface area contributed by atoms with Crippen LogP contribution < -0.4 is 5.32 Å². The van der Waals surface area contributed by atoms with Gasteiger partial charge in [-0.05, 0) is 65.0 Å². The maximum Gasteiger partial charge on any atom is 0.255 e. The molecule has 1 aromatic heterocycles. The molecule has 0 radical (unpaired) electrons. The summed E-state index contributed by atoms with van der Waals surface area (Å²) in [6.07, 6.45) is 6.16. The number of carbonyl (C=O) groups excluding carboxylic acids is 2. The first-order valence-electron chi connectivity index (χ1n) is 12.9. The lowest BCUT2D eigenvalue weighted by atomic mass is 9.88. The molecule has 1 unspecified atom stereocenters. The first kappa shape index (κ1) is 25.2. The zero-order valence-corrected chi connectivity index (χ0v) is 22.3. The fourth-order valence-corrected chi connectivity index (χ4v) is 6.80. The molecule has 4 atom stereocenters. The van der Waals surface area contributed by atoms with Crippen molar-refractivity contribution < 1.29 is 14.0 Å². The molecule has 2 aromatic rings. The van der Waals surface area contributed by atoms with Gasteiger partial charge in [0.2, 0.25) is 0 Å². The highest BCUT2D eigenvalue weighted by atomic mass is 32.2. The Morgan fingerprint density at radius 1 is 1.25 bits per heavy atom. The number of nitrogens with zero attached hydrogens (tertiary/aromatic N) is 3. The predicted molar refractivity (Wildman–Crippen MR) is 145 cm³/mol. The molecule has 2 aliphatic heterocycles. The molecule has 36 heavy (non-hydrogen) atoms. The van der Waals surface area contributed by atoms with Crippen molar-refractivity contribution in [3.8, 4) is 0 Å². The molecule has 2 amide bonds. The van der Waals surface area contributed by atoms with Crippen LogP contribution in [0.1, 0.15) is 55.2 Å². The first-order valence-corrected chi connectivity index (χ1v) is 14.1. The molecule has 192 valence electrons. The number of allylic oxidation sites excluding steroid dienone is 1. The quantitative estimate of drug-likeness (QED) is 0.574. The first-order chi connectivity index (χ1) is 17.3. The van der Waals surface area contributed by atoms with Gasteiger partial charge >= 0.3 is 0 Å². The van der Waals surface area contributed by atoms with Crippen LogP contribution in [0, 0.1) is 18.8 Å². The van der Waals surface area contributed by atoms with Gasteiger partial charge in [0.05, 0.1) is 11.5 Å². The molecular weight excluding hydrogens is 475 g/mol. The molecule has 1 saturated heterocycles. The van der Waals surface area contributed by atoms with Crippen LogP contribution >= 0.6 is 11.8 Å². The molecular formula is C28H35FN4O2S. The van der Waals surface area contributed by atoms with E-state index in [0.717, 1.165) is 34.5 Å². The SMILES string of the molecule is CSC1=CC(C)=NC(=O)C1CNC(=O)c1c(C)n([C@H](C)[C@H]2CCN(C3CC3)C[C@H]2F)c2ccccc12. The van der Waals surface area contributed by atoms with Gasteiger partial charge in [-0.15, -0.1) is 11.8 Å². The molecule has 3 heterocycles. The monoisotopic (exact) mass is 510 g/mol. The number of halogens is 1. The number of aliphatic imine (C=N–C) groups is 1. The van der Waals surface area contributed by atoms with Gasteiger partial charge < -0.3 is 9.88 Å². The third-order valence-electron chi connectivity index (χ3n) is 8.08. The van der Waals surface area contributed by atoms with Crippen LogP contribution in [0.3, 0.4) is 0 Å². The number of aromatic nitrogens is 1. The van der Waals surface area contributed by atoms with Gasteiger partial charge in [0, 0.05) is 58.3 Å². The van der Waals surface area contributed by atoms with E-state index in [0.29, 0.717) is 23.9 Å². The summed E-state index contributed by atoms with van der Waals surface area (Å²) in [6, 6.07) is 8.36. The Balaban J connectivity index is 1.39. The van der Waals surface area contributed by atoms with Gasteiger partial charge in [0.25, 0.3) is 11.8 Å². The molecule has 5 rings (SSSR count). The Hall–Kier alpha value is -2.45. The van der Waals surface area contributed by atoms with Crippen LogP contribution in [-0.2, 0) is 4.79 Å². The van der Waals surface area contributed by atoms with E-state index in [2.05, 4.69) is 26.7 Å². The van der Waals surface area contributed by atoms with Crippen LogP contribution in [0.15, 0.2) is 40.2 Å². The van der Waals surface area contributed by atoms with Crippen molar-refractivity contribution in [2.24, 2.45) is 16.8 Å². The van der Waals surface area contributed by atoms with E-state index in [9.17, 15) is 9.59 Å². The predicted octanol–water partition coefficient (Wildman–Crippen LogP) is 4.93. The number of hydrogen-bond acceptors (Lipinski definition) is 4. The van der Waals surface area contributed by atoms with Crippen molar-refractivity contribution in [2.75, 3.05) is 25.9 Å². The van der Waals surface area contributed by atoms with Crippen molar-refractivity contribution in [3.05, 3.63) is 46.5 Å². The van der Waals surface area contributed by atoms with E-state index >= 15 is 4.39 Å². The number of carbonyl (C=O) groups is 2. The lowest BCUT2D eigenvalue weighted by Gasteiger charge is -2.38. The minimum atomic E-state index is -0.884. The summed E-state index contributed by atoms with van der Waals surface area (Å²) < 4.78 is 17.6. The van der Waals surface area contributed by atoms with Gasteiger partial charge in [-0.1, -0.05) is 18.2 Å². The molecule has 2 fully saturated rings. The Morgan fingerprint density at radius 3 is 2.69 bits per heavy atom. The van der Waals surface area contributed by atoms with Crippen LogP contribution in [0.2, 0.25) is 0 Å². The van der Waals surface area contributed by atoms with E-state index in [1.165, 1.54) is 24.6 Å². The highest BCUT2D eigenvalue weighted by Gasteiger charge is 2.40. The van der Waals surface area contributed by atoms with Crippen LogP contribution in [0.25, 0.3) is 10.9 Å². The fraction of sp³-hybridized carbons (Fsp3) is 0.536. The summed E-state index contributed by atoms with van der Waals surface area (Å²) in [5, 5.41) is 3.86. The normalized spacial score (nSPS) is 26.0. The number of thioether (sulfide) groups is 1. The van der Waals surface area contributed by atoms with Crippen LogP contribution in [0.4, 0.5) is 4.39 Å². The maximum absolute atomic E-state index is 15.4. The average molecular weight is 511 g/mol. The highest BCUT2D eigenvalue weighted by Crippen LogP contribution is 2.39. The van der Waals surface area contributed by atoms with Crippen molar-refractivity contribution in [1.82, 2.24) is 14.8 Å². The van der Waals surface area contributed by atoms with E-state index in [1.807, 2.05) is 43.5 Å². The molecule has 1 N–H and O–H groups in total. The Kier molecular flexibility index (Phi) is 7.10. The minimum absolute atomic E-state index is 0.0731. The lowest BCUT2D eigenvalue weighted by Crippen LogP contribution is -2.45. The van der Waals surface area contributed by atoms with Gasteiger partial charge in [0.1, 0.15) is 6.17 Å². The molecule has 1 aliphatic carbocycles. The number of fused-ring (bicyclic) bond motifs is 1. The Bertz CT molecular complexity index is 1250. The number of rotatable bonds is 7. The molecule has 0 spiro atoms. The summed E-state index contributed by atoms with van der Waals surface area (Å²) in [5.74, 6) is -1.00. The number of benzene rings is 1. The zero-order valence-electron chi connectivity index (χ0n) is 21.5. The number of amides is 2. The van der Waals surface area contributed by atoms with Crippen molar-refractivity contribution in [3.63, 3.8) is 0 Å². The van der Waals surface area contributed by atoms with Crippen molar-refractivity contribution in [1.29, 1.82) is 0 Å². The minimum Gasteiger partial charge on any atom is -0.351 e. The molecule has 0 bridgehead atoms. The third kappa shape index (κ3) is 4.65. The van der Waals surface area contributed by atoms with Crippen LogP contribution in [0.5, 0.6) is 0 Å². The molecule has 6 nitrogen and oxygen atoms in total. The molecule has 3 aliphatic rings. The number of likely N-dealkylation sites (tertiary alicyclic amines) is 1.